The largest absolute Gasteiger partial charge is 0.379 e. The highest BCUT2D eigenvalue weighted by Gasteiger charge is 2.40. The number of halogens is 1. The predicted molar refractivity (Wildman–Crippen MR) is 80.1 cm³/mol. The summed E-state index contributed by atoms with van der Waals surface area (Å²) in [4.78, 5) is 18.3. The molecule has 6 heteroatoms. The van der Waals surface area contributed by atoms with E-state index in [1.807, 2.05) is 0 Å². The van der Waals surface area contributed by atoms with Crippen LogP contribution in [0.1, 0.15) is 36.0 Å². The zero-order chi connectivity index (χ0) is 15.4. The number of hydrogen-bond donors (Lipinski definition) is 1. The summed E-state index contributed by atoms with van der Waals surface area (Å²) in [6, 6.07) is 1.42. The smallest absolute Gasteiger partial charge is 0.254 e. The van der Waals surface area contributed by atoms with Crippen molar-refractivity contribution in [1.29, 1.82) is 0 Å². The molecule has 5 nitrogen and oxygen atoms in total. The van der Waals surface area contributed by atoms with Crippen LogP contribution in [-0.2, 0) is 4.74 Å². The Bertz CT molecular complexity index is 526. The number of rotatable bonds is 4. The molecule has 1 amide bonds. The number of carbonyl (C=O) groups excluding carboxylic acids is 1. The van der Waals surface area contributed by atoms with Crippen LogP contribution in [0.25, 0.3) is 0 Å². The minimum absolute atomic E-state index is 0.00292. The van der Waals surface area contributed by atoms with Gasteiger partial charge in [0.05, 0.1) is 25.0 Å². The second-order valence-corrected chi connectivity index (χ2v) is 6.07. The Morgan fingerprint density at radius 1 is 1.36 bits per heavy atom. The monoisotopic (exact) mass is 307 g/mol. The van der Waals surface area contributed by atoms with E-state index in [9.17, 15) is 9.18 Å². The Kier molecular flexibility index (Phi) is 4.69. The van der Waals surface area contributed by atoms with Gasteiger partial charge < -0.3 is 10.1 Å². The summed E-state index contributed by atoms with van der Waals surface area (Å²) in [5, 5.41) is 2.93. The minimum atomic E-state index is -0.577. The lowest BCUT2D eigenvalue weighted by Gasteiger charge is -2.43. The molecule has 1 saturated carbocycles. The lowest BCUT2D eigenvalue weighted by Crippen LogP contribution is -2.57. The highest BCUT2D eigenvalue weighted by atomic mass is 19.1. The third-order valence-corrected chi connectivity index (χ3v) is 4.81. The first kappa shape index (κ1) is 15.4. The molecule has 0 atom stereocenters. The Hall–Kier alpha value is -1.53. The molecule has 2 fully saturated rings. The molecular weight excluding hydrogens is 285 g/mol. The molecule has 1 aromatic rings. The molecule has 2 heterocycles. The van der Waals surface area contributed by atoms with Gasteiger partial charge in [-0.25, -0.2) is 4.39 Å². The van der Waals surface area contributed by atoms with Gasteiger partial charge in [-0.3, -0.25) is 14.7 Å². The number of nitrogens with zero attached hydrogens (tertiary/aromatic N) is 2. The Morgan fingerprint density at radius 2 is 2.09 bits per heavy atom. The minimum Gasteiger partial charge on any atom is -0.379 e. The molecule has 1 N–H and O–H groups in total. The van der Waals surface area contributed by atoms with E-state index in [1.165, 1.54) is 25.1 Å². The van der Waals surface area contributed by atoms with Gasteiger partial charge in [0.2, 0.25) is 0 Å². The Labute approximate surface area is 129 Å². The van der Waals surface area contributed by atoms with E-state index < -0.39 is 5.82 Å². The molecule has 1 aliphatic carbocycles. The van der Waals surface area contributed by atoms with Gasteiger partial charge in [-0.15, -0.1) is 0 Å². The van der Waals surface area contributed by atoms with Crippen LogP contribution in [0.3, 0.4) is 0 Å². The van der Waals surface area contributed by atoms with E-state index >= 15 is 0 Å². The maximum atomic E-state index is 13.6. The fourth-order valence-corrected chi connectivity index (χ4v) is 3.57. The van der Waals surface area contributed by atoms with Gasteiger partial charge in [0.15, 0.2) is 5.82 Å². The highest BCUT2D eigenvalue weighted by Crippen LogP contribution is 2.35. The molecule has 2 aliphatic rings. The van der Waals surface area contributed by atoms with Crippen molar-refractivity contribution >= 4 is 5.91 Å². The van der Waals surface area contributed by atoms with E-state index in [-0.39, 0.29) is 17.0 Å². The van der Waals surface area contributed by atoms with Gasteiger partial charge in [0.25, 0.3) is 5.91 Å². The van der Waals surface area contributed by atoms with Crippen molar-refractivity contribution in [2.24, 2.45) is 0 Å². The van der Waals surface area contributed by atoms with Crippen molar-refractivity contribution in [3.63, 3.8) is 0 Å². The lowest BCUT2D eigenvalue weighted by atomic mass is 9.94. The average Bonchev–Trinajstić information content (AvgIpc) is 3.04. The second kappa shape index (κ2) is 6.71. The number of morpholine rings is 1. The summed E-state index contributed by atoms with van der Waals surface area (Å²) in [6.07, 6.45) is 7.01. The molecule has 1 aliphatic heterocycles. The number of pyridine rings is 1. The number of aromatic nitrogens is 1. The van der Waals surface area contributed by atoms with Gasteiger partial charge in [0.1, 0.15) is 0 Å². The van der Waals surface area contributed by atoms with E-state index in [1.54, 1.807) is 0 Å². The van der Waals surface area contributed by atoms with Crippen LogP contribution in [0.2, 0.25) is 0 Å². The predicted octanol–water partition coefficient (Wildman–Crippen LogP) is 1.60. The van der Waals surface area contributed by atoms with E-state index in [0.717, 1.165) is 45.3 Å². The van der Waals surface area contributed by atoms with Crippen LogP contribution < -0.4 is 5.32 Å². The molecule has 0 spiro atoms. The number of carbonyl (C=O) groups is 1. The van der Waals surface area contributed by atoms with Crippen molar-refractivity contribution in [3.8, 4) is 0 Å². The first-order chi connectivity index (χ1) is 10.7. The van der Waals surface area contributed by atoms with E-state index in [4.69, 9.17) is 4.74 Å². The van der Waals surface area contributed by atoms with Crippen molar-refractivity contribution in [3.05, 3.63) is 29.8 Å². The highest BCUT2D eigenvalue weighted by molar-refractivity contribution is 5.94. The Balaban J connectivity index is 1.67. The first-order valence-corrected chi connectivity index (χ1v) is 7.92. The van der Waals surface area contributed by atoms with Crippen LogP contribution in [0, 0.1) is 5.82 Å². The zero-order valence-electron chi connectivity index (χ0n) is 12.7. The number of ether oxygens (including phenoxy) is 1. The van der Waals surface area contributed by atoms with Crippen LogP contribution in [-0.4, -0.2) is 54.2 Å². The fourth-order valence-electron chi connectivity index (χ4n) is 3.57. The third kappa shape index (κ3) is 3.13. The maximum Gasteiger partial charge on any atom is 0.254 e. The standard InChI is InChI=1S/C16H22FN3O2/c17-14-11-18-6-3-13(14)15(21)19-12-16(4-1-2-5-16)20-7-9-22-10-8-20/h3,6,11H,1-2,4-5,7-10,12H2,(H,19,21). The SMILES string of the molecule is O=C(NCC1(N2CCOCC2)CCCC1)c1ccncc1F. The molecule has 22 heavy (non-hydrogen) atoms. The molecular formula is C16H22FN3O2. The average molecular weight is 307 g/mol. The number of nitrogens with one attached hydrogen (secondary N) is 1. The summed E-state index contributed by atoms with van der Waals surface area (Å²) >= 11 is 0. The molecule has 0 unspecified atom stereocenters. The molecule has 0 radical (unpaired) electrons. The summed E-state index contributed by atoms with van der Waals surface area (Å²) < 4.78 is 19.1. The molecule has 0 bridgehead atoms. The van der Waals surface area contributed by atoms with Crippen molar-refractivity contribution in [2.75, 3.05) is 32.8 Å². The lowest BCUT2D eigenvalue weighted by molar-refractivity contribution is -0.0199. The van der Waals surface area contributed by atoms with Gasteiger partial charge in [-0.1, -0.05) is 12.8 Å². The fraction of sp³-hybridized carbons (Fsp3) is 0.625. The van der Waals surface area contributed by atoms with Crippen molar-refractivity contribution in [1.82, 2.24) is 15.2 Å². The molecule has 1 saturated heterocycles. The van der Waals surface area contributed by atoms with Crippen LogP contribution >= 0.6 is 0 Å². The zero-order valence-corrected chi connectivity index (χ0v) is 12.7. The van der Waals surface area contributed by atoms with Gasteiger partial charge in [-0.05, 0) is 18.9 Å². The summed E-state index contributed by atoms with van der Waals surface area (Å²) in [7, 11) is 0. The second-order valence-electron chi connectivity index (χ2n) is 6.07. The normalized spacial score (nSPS) is 21.7. The van der Waals surface area contributed by atoms with Gasteiger partial charge in [0, 0.05) is 31.4 Å². The van der Waals surface area contributed by atoms with E-state index in [2.05, 4.69) is 15.2 Å². The van der Waals surface area contributed by atoms with Crippen molar-refractivity contribution in [2.45, 2.75) is 31.2 Å². The molecule has 120 valence electrons. The van der Waals surface area contributed by atoms with Crippen LogP contribution in [0.4, 0.5) is 4.39 Å². The topological polar surface area (TPSA) is 54.5 Å². The summed E-state index contributed by atoms with van der Waals surface area (Å²) in [5.41, 5.74) is 0.0632. The molecule has 3 rings (SSSR count). The molecule has 1 aromatic heterocycles. The number of amides is 1. The third-order valence-electron chi connectivity index (χ3n) is 4.81. The van der Waals surface area contributed by atoms with Crippen LogP contribution in [0.5, 0.6) is 0 Å². The Morgan fingerprint density at radius 3 is 2.77 bits per heavy atom. The number of hydrogen-bond acceptors (Lipinski definition) is 4. The summed E-state index contributed by atoms with van der Waals surface area (Å²) in [5.74, 6) is -0.939. The first-order valence-electron chi connectivity index (χ1n) is 7.92. The maximum absolute atomic E-state index is 13.6. The van der Waals surface area contributed by atoms with Gasteiger partial charge >= 0.3 is 0 Å². The quantitative estimate of drug-likeness (QED) is 0.918. The van der Waals surface area contributed by atoms with Crippen LogP contribution in [0.15, 0.2) is 18.5 Å². The van der Waals surface area contributed by atoms with Crippen molar-refractivity contribution < 1.29 is 13.9 Å². The molecule has 0 aromatic carbocycles. The van der Waals surface area contributed by atoms with Gasteiger partial charge in [-0.2, -0.15) is 0 Å². The summed E-state index contributed by atoms with van der Waals surface area (Å²) in [6.45, 7) is 3.86. The van der Waals surface area contributed by atoms with E-state index in [0.29, 0.717) is 6.54 Å².